The molecule has 0 atom stereocenters. The Morgan fingerprint density at radius 1 is 1.14 bits per heavy atom. The summed E-state index contributed by atoms with van der Waals surface area (Å²) in [6, 6.07) is 8.71. The molecule has 0 spiro atoms. The van der Waals surface area contributed by atoms with Crippen molar-refractivity contribution in [1.29, 1.82) is 5.41 Å². The van der Waals surface area contributed by atoms with E-state index in [0.717, 1.165) is 77.2 Å². The molecule has 1 aromatic carbocycles. The summed E-state index contributed by atoms with van der Waals surface area (Å²) < 4.78 is 5.97. The predicted octanol–water partition coefficient (Wildman–Crippen LogP) is 3.43. The van der Waals surface area contributed by atoms with Crippen molar-refractivity contribution >= 4 is 28.1 Å². The number of carbonyl (C=O) groups is 1. The van der Waals surface area contributed by atoms with E-state index in [2.05, 4.69) is 37.2 Å². The van der Waals surface area contributed by atoms with Gasteiger partial charge in [-0.3, -0.25) is 25.0 Å². The zero-order chi connectivity index (χ0) is 24.6. The van der Waals surface area contributed by atoms with Gasteiger partial charge in [-0.15, -0.1) is 0 Å². The highest BCUT2D eigenvalue weighted by molar-refractivity contribution is 9.12. The topological polar surface area (TPSA) is 97.9 Å². The van der Waals surface area contributed by atoms with Gasteiger partial charge in [0.05, 0.1) is 23.7 Å². The minimum Gasteiger partial charge on any atom is -0.383 e. The molecule has 0 radical (unpaired) electrons. The number of morpholine rings is 1. The van der Waals surface area contributed by atoms with Crippen molar-refractivity contribution in [2.45, 2.75) is 63.6 Å². The van der Waals surface area contributed by atoms with Crippen LogP contribution in [0.25, 0.3) is 0 Å². The molecule has 4 rings (SSSR count). The predicted molar refractivity (Wildman–Crippen MR) is 142 cm³/mol. The van der Waals surface area contributed by atoms with E-state index in [-0.39, 0.29) is 11.9 Å². The van der Waals surface area contributed by atoms with E-state index in [1.165, 1.54) is 25.5 Å². The lowest BCUT2D eigenvalue weighted by atomic mass is 9.95. The van der Waals surface area contributed by atoms with Crippen LogP contribution in [-0.2, 0) is 11.3 Å². The quantitative estimate of drug-likeness (QED) is 0.341. The smallest absolute Gasteiger partial charge is 0.269 e. The largest absolute Gasteiger partial charge is 0.383 e. The average Bonchev–Trinajstić information content (AvgIpc) is 2.92. The molecule has 192 valence electrons. The number of hydrogen-bond acceptors (Lipinski definition) is 7. The molecule has 4 N–H and O–H groups in total. The Kier molecular flexibility index (Phi) is 9.59. The van der Waals surface area contributed by atoms with Gasteiger partial charge in [-0.2, -0.15) is 0 Å². The summed E-state index contributed by atoms with van der Waals surface area (Å²) in [7, 11) is 0. The maximum atomic E-state index is 13.2. The number of benzene rings is 1. The van der Waals surface area contributed by atoms with Crippen molar-refractivity contribution in [2.24, 2.45) is 5.73 Å². The molecule has 1 amide bonds. The molecule has 2 aliphatic heterocycles. The van der Waals surface area contributed by atoms with Gasteiger partial charge in [-0.1, -0.05) is 31.4 Å². The third kappa shape index (κ3) is 7.06. The van der Waals surface area contributed by atoms with Crippen molar-refractivity contribution in [3.8, 4) is 0 Å². The third-order valence-corrected chi connectivity index (χ3v) is 8.14. The fourth-order valence-corrected chi connectivity index (χ4v) is 5.70. The van der Waals surface area contributed by atoms with E-state index in [0.29, 0.717) is 21.9 Å². The minimum atomic E-state index is -0.170. The van der Waals surface area contributed by atoms with Crippen molar-refractivity contribution in [3.05, 3.63) is 45.7 Å². The van der Waals surface area contributed by atoms with Gasteiger partial charge in [0, 0.05) is 37.5 Å². The Bertz CT molecular complexity index is 890. The number of likely N-dealkylation sites (tertiary alicyclic amines) is 1. The monoisotopic (exact) mass is 546 g/mol. The number of nitrogens with two attached hydrogens (primary N) is 1. The van der Waals surface area contributed by atoms with E-state index < -0.39 is 0 Å². The summed E-state index contributed by atoms with van der Waals surface area (Å²) in [4.78, 5) is 18.3. The number of piperidine rings is 1. The van der Waals surface area contributed by atoms with Crippen molar-refractivity contribution in [1.82, 2.24) is 20.2 Å². The molecule has 0 bridgehead atoms. The Hall–Kier alpha value is -1.94. The van der Waals surface area contributed by atoms with Crippen LogP contribution in [0.2, 0.25) is 0 Å². The molecule has 9 heteroatoms. The minimum absolute atomic E-state index is 0.135. The van der Waals surface area contributed by atoms with Gasteiger partial charge in [0.15, 0.2) is 0 Å². The number of nitrogens with zero attached hydrogens (tertiary/aromatic N) is 3. The number of allylic oxidation sites excluding steroid dienone is 1. The van der Waals surface area contributed by atoms with Crippen LogP contribution in [0.4, 0.5) is 0 Å². The number of rotatable bonds is 8. The first-order valence-electron chi connectivity index (χ1n) is 12.9. The highest BCUT2D eigenvalue weighted by atomic mass is 79.9. The highest BCUT2D eigenvalue weighted by Crippen LogP contribution is 2.25. The van der Waals surface area contributed by atoms with Gasteiger partial charge in [0.1, 0.15) is 5.82 Å². The number of carbonyl (C=O) groups excluding carboxylic acids is 1. The van der Waals surface area contributed by atoms with E-state index in [4.69, 9.17) is 15.9 Å². The van der Waals surface area contributed by atoms with Gasteiger partial charge < -0.3 is 15.9 Å². The number of halogens is 1. The molecule has 1 saturated carbocycles. The van der Waals surface area contributed by atoms with E-state index in [1.807, 2.05) is 18.2 Å². The summed E-state index contributed by atoms with van der Waals surface area (Å²) in [5, 5.41) is 9.32. The fraction of sp³-hybridized carbons (Fsp3) is 0.615. The first-order chi connectivity index (χ1) is 17.0. The number of hydrogen-bond donors (Lipinski definition) is 3. The maximum Gasteiger partial charge on any atom is 0.269 e. The van der Waals surface area contributed by atoms with Crippen molar-refractivity contribution in [2.75, 3.05) is 39.4 Å². The third-order valence-electron chi connectivity index (χ3n) is 7.51. The van der Waals surface area contributed by atoms with Crippen LogP contribution >= 0.6 is 15.9 Å². The van der Waals surface area contributed by atoms with Gasteiger partial charge in [0.25, 0.3) is 5.91 Å². The maximum absolute atomic E-state index is 13.2. The lowest BCUT2D eigenvalue weighted by molar-refractivity contribution is 0.000228. The molecule has 2 saturated heterocycles. The van der Waals surface area contributed by atoms with Gasteiger partial charge in [-0.05, 0) is 72.4 Å². The Balaban J connectivity index is 1.36. The van der Waals surface area contributed by atoms with Gasteiger partial charge >= 0.3 is 0 Å². The molecule has 35 heavy (non-hydrogen) atoms. The summed E-state index contributed by atoms with van der Waals surface area (Å²) in [5.74, 6) is 0.205. The second-order valence-corrected chi connectivity index (χ2v) is 10.7. The molecule has 0 unspecified atom stereocenters. The second kappa shape index (κ2) is 12.9. The molecule has 0 aromatic heterocycles. The lowest BCUT2D eigenvalue weighted by Gasteiger charge is -2.40. The molecule has 2 heterocycles. The normalized spacial score (nSPS) is 21.9. The SMILES string of the molecule is N=C/C(Br)=C(\N)N(NC(=O)c1cccc(CN2CCC(N3CCOCC3)CC2)c1)C1CCCCC1. The number of ether oxygens (including phenoxy) is 1. The van der Waals surface area contributed by atoms with Crippen LogP contribution in [0.1, 0.15) is 60.9 Å². The molecule has 8 nitrogen and oxygen atoms in total. The zero-order valence-electron chi connectivity index (χ0n) is 20.6. The first-order valence-corrected chi connectivity index (χ1v) is 13.7. The van der Waals surface area contributed by atoms with Crippen LogP contribution in [0.5, 0.6) is 0 Å². The average molecular weight is 548 g/mol. The van der Waals surface area contributed by atoms with Crippen LogP contribution in [0.3, 0.4) is 0 Å². The van der Waals surface area contributed by atoms with Crippen LogP contribution in [-0.4, -0.2) is 78.4 Å². The first kappa shape index (κ1) is 26.1. The molecule has 3 aliphatic rings. The van der Waals surface area contributed by atoms with E-state index >= 15 is 0 Å². The zero-order valence-corrected chi connectivity index (χ0v) is 22.1. The fourth-order valence-electron chi connectivity index (χ4n) is 5.50. The highest BCUT2D eigenvalue weighted by Gasteiger charge is 2.27. The van der Waals surface area contributed by atoms with Crippen LogP contribution in [0, 0.1) is 5.41 Å². The summed E-state index contributed by atoms with van der Waals surface area (Å²) in [5.41, 5.74) is 11.1. The van der Waals surface area contributed by atoms with Crippen molar-refractivity contribution in [3.63, 3.8) is 0 Å². The van der Waals surface area contributed by atoms with Gasteiger partial charge in [0.2, 0.25) is 0 Å². The summed E-state index contributed by atoms with van der Waals surface area (Å²) in [6.07, 6.45) is 8.92. The van der Waals surface area contributed by atoms with Crippen LogP contribution < -0.4 is 11.2 Å². The second-order valence-electron chi connectivity index (χ2n) is 9.84. The van der Waals surface area contributed by atoms with Crippen molar-refractivity contribution < 1.29 is 9.53 Å². The molecule has 1 aliphatic carbocycles. The molecule has 1 aromatic rings. The molecule has 3 fully saturated rings. The van der Waals surface area contributed by atoms with E-state index in [1.54, 1.807) is 5.01 Å². The Labute approximate surface area is 217 Å². The standard InChI is InChI=1S/C26H39BrN6O2/c27-24(18-28)25(29)33(23-7-2-1-3-8-23)30-26(34)21-6-4-5-20(17-21)19-31-11-9-22(10-12-31)32-13-15-35-16-14-32/h4-6,17-18,22-23,28H,1-3,7-16,19,29H2,(H,30,34)/b25-24-,28-18?. The van der Waals surface area contributed by atoms with E-state index in [9.17, 15) is 4.79 Å². The Morgan fingerprint density at radius 3 is 2.54 bits per heavy atom. The van der Waals surface area contributed by atoms with Gasteiger partial charge in [-0.25, -0.2) is 0 Å². The number of nitrogens with one attached hydrogen (secondary N) is 2. The lowest BCUT2D eigenvalue weighted by Crippen LogP contribution is -2.50. The molecular weight excluding hydrogens is 508 g/mol. The summed E-state index contributed by atoms with van der Waals surface area (Å²) in [6.45, 7) is 6.82. The van der Waals surface area contributed by atoms with Crippen LogP contribution in [0.15, 0.2) is 34.6 Å². The summed E-state index contributed by atoms with van der Waals surface area (Å²) >= 11 is 3.36. The molecular formula is C26H39BrN6O2. The number of hydrazine groups is 1. The number of amides is 1. The Morgan fingerprint density at radius 2 is 1.86 bits per heavy atom.